The lowest BCUT2D eigenvalue weighted by Crippen LogP contribution is -2.09. The number of hydrogen-bond acceptors (Lipinski definition) is 4. The predicted molar refractivity (Wildman–Crippen MR) is 128 cm³/mol. The van der Waals surface area contributed by atoms with E-state index in [0.29, 0.717) is 25.2 Å². The summed E-state index contributed by atoms with van der Waals surface area (Å²) in [6, 6.07) is 16.9. The van der Waals surface area contributed by atoms with E-state index in [2.05, 4.69) is 0 Å². The van der Waals surface area contributed by atoms with Crippen molar-refractivity contribution in [2.45, 2.75) is 33.6 Å². The Kier molecular flexibility index (Phi) is 9.38. The summed E-state index contributed by atoms with van der Waals surface area (Å²) in [6.07, 6.45) is 0.999. The van der Waals surface area contributed by atoms with Crippen LogP contribution in [0, 0.1) is 13.8 Å². The molecule has 0 heterocycles. The zero-order valence-electron chi connectivity index (χ0n) is 19.4. The van der Waals surface area contributed by atoms with Crippen LogP contribution in [0.2, 0.25) is 0 Å². The Balaban J connectivity index is 0.000000287. The maximum absolute atomic E-state index is 11.3. The van der Waals surface area contributed by atoms with Crippen LogP contribution < -0.4 is 4.74 Å². The fraction of sp³-hybridized carbons (Fsp3) is 0.222. The Hall–Kier alpha value is -4.13. The molecule has 34 heavy (non-hydrogen) atoms. The van der Waals surface area contributed by atoms with Gasteiger partial charge in [0.05, 0.1) is 17.7 Å². The molecule has 3 N–H and O–H groups in total. The van der Waals surface area contributed by atoms with Crippen molar-refractivity contribution in [1.29, 1.82) is 0 Å². The maximum Gasteiger partial charge on any atom is 0.339 e. The molecule has 0 atom stereocenters. The SMILES string of the molecule is CCOc1ccccc1C(=O)O.Cc1cccc(C(=O)O)c1CCc1c(C)cccc1C(=O)O. The van der Waals surface area contributed by atoms with E-state index < -0.39 is 17.9 Å². The molecule has 0 saturated carbocycles. The second-order valence-corrected chi connectivity index (χ2v) is 7.55. The molecule has 0 unspecified atom stereocenters. The second kappa shape index (κ2) is 12.2. The summed E-state index contributed by atoms with van der Waals surface area (Å²) in [7, 11) is 0. The van der Waals surface area contributed by atoms with Gasteiger partial charge >= 0.3 is 17.9 Å². The monoisotopic (exact) mass is 464 g/mol. The minimum atomic E-state index is -0.959. The van der Waals surface area contributed by atoms with Crippen molar-refractivity contribution in [3.05, 3.63) is 99.6 Å². The average molecular weight is 465 g/mol. The molecule has 0 spiro atoms. The van der Waals surface area contributed by atoms with Crippen molar-refractivity contribution in [3.8, 4) is 5.75 Å². The lowest BCUT2D eigenvalue weighted by atomic mass is 9.92. The van der Waals surface area contributed by atoms with E-state index in [-0.39, 0.29) is 16.7 Å². The number of rotatable bonds is 8. The Morgan fingerprint density at radius 2 is 1.06 bits per heavy atom. The van der Waals surface area contributed by atoms with E-state index in [1.807, 2.05) is 32.9 Å². The first kappa shape index (κ1) is 26.1. The molecule has 0 amide bonds. The first-order valence-electron chi connectivity index (χ1n) is 10.8. The highest BCUT2D eigenvalue weighted by Gasteiger charge is 2.16. The topological polar surface area (TPSA) is 121 Å². The van der Waals surface area contributed by atoms with Crippen LogP contribution in [0.25, 0.3) is 0 Å². The van der Waals surface area contributed by atoms with Crippen molar-refractivity contribution >= 4 is 17.9 Å². The third-order valence-electron chi connectivity index (χ3n) is 5.32. The molecule has 7 nitrogen and oxygen atoms in total. The van der Waals surface area contributed by atoms with Gasteiger partial charge in [-0.15, -0.1) is 0 Å². The molecule has 0 aliphatic carbocycles. The molecule has 178 valence electrons. The summed E-state index contributed by atoms with van der Waals surface area (Å²) in [4.78, 5) is 33.3. The summed E-state index contributed by atoms with van der Waals surface area (Å²) >= 11 is 0. The summed E-state index contributed by atoms with van der Waals surface area (Å²) in [6.45, 7) is 6.04. The van der Waals surface area contributed by atoms with Crippen LogP contribution in [-0.2, 0) is 12.8 Å². The van der Waals surface area contributed by atoms with Gasteiger partial charge < -0.3 is 20.1 Å². The first-order valence-corrected chi connectivity index (χ1v) is 10.8. The van der Waals surface area contributed by atoms with Crippen LogP contribution in [0.15, 0.2) is 60.7 Å². The number of benzene rings is 3. The summed E-state index contributed by atoms with van der Waals surface area (Å²) in [5.41, 5.74) is 4.11. The van der Waals surface area contributed by atoms with Gasteiger partial charge in [-0.2, -0.15) is 0 Å². The molecule has 0 saturated heterocycles. The van der Waals surface area contributed by atoms with Crippen LogP contribution in [0.4, 0.5) is 0 Å². The summed E-state index contributed by atoms with van der Waals surface area (Å²) < 4.78 is 5.12. The number of hydrogen-bond donors (Lipinski definition) is 3. The van der Waals surface area contributed by atoms with Gasteiger partial charge in [-0.25, -0.2) is 14.4 Å². The highest BCUT2D eigenvalue weighted by molar-refractivity contribution is 5.91. The Morgan fingerprint density at radius 1 is 0.647 bits per heavy atom. The number of carbonyl (C=O) groups is 3. The zero-order chi connectivity index (χ0) is 25.3. The van der Waals surface area contributed by atoms with Gasteiger partial charge in [0.1, 0.15) is 11.3 Å². The minimum Gasteiger partial charge on any atom is -0.493 e. The standard InChI is InChI=1S/C18H18O4.C9H10O3/c1-11-5-3-7-15(17(19)20)13(11)9-10-14-12(2)6-4-8-16(14)18(21)22;1-2-12-8-6-4-3-5-7(8)9(10)11/h3-8H,9-10H2,1-2H3,(H,19,20)(H,21,22);3-6H,2H2,1H3,(H,10,11). The number of ether oxygens (including phenoxy) is 1. The molecule has 0 aromatic heterocycles. The normalized spacial score (nSPS) is 10.1. The van der Waals surface area contributed by atoms with E-state index in [4.69, 9.17) is 9.84 Å². The average Bonchev–Trinajstić information content (AvgIpc) is 2.79. The molecule has 0 radical (unpaired) electrons. The number of carboxylic acid groups (broad SMARTS) is 3. The molecule has 0 aliphatic heterocycles. The van der Waals surface area contributed by atoms with Crippen molar-refractivity contribution < 1.29 is 34.4 Å². The van der Waals surface area contributed by atoms with Crippen molar-refractivity contribution in [3.63, 3.8) is 0 Å². The Morgan fingerprint density at radius 3 is 1.47 bits per heavy atom. The van der Waals surface area contributed by atoms with Crippen LogP contribution in [0.1, 0.15) is 60.3 Å². The highest BCUT2D eigenvalue weighted by Crippen LogP contribution is 2.21. The van der Waals surface area contributed by atoms with Crippen LogP contribution in [-0.4, -0.2) is 39.8 Å². The highest BCUT2D eigenvalue weighted by atomic mass is 16.5. The van der Waals surface area contributed by atoms with Gasteiger partial charge in [-0.1, -0.05) is 36.4 Å². The lowest BCUT2D eigenvalue weighted by Gasteiger charge is -2.13. The van der Waals surface area contributed by atoms with Gasteiger partial charge in [-0.3, -0.25) is 0 Å². The molecule has 3 aromatic carbocycles. The molecule has 3 rings (SSSR count). The summed E-state index contributed by atoms with van der Waals surface area (Å²) in [5.74, 6) is -2.45. The first-order chi connectivity index (χ1) is 16.2. The van der Waals surface area contributed by atoms with Gasteiger partial charge in [0.2, 0.25) is 0 Å². The lowest BCUT2D eigenvalue weighted by molar-refractivity contribution is 0.0682. The van der Waals surface area contributed by atoms with E-state index in [1.165, 1.54) is 6.07 Å². The van der Waals surface area contributed by atoms with Gasteiger partial charge in [0.25, 0.3) is 0 Å². The zero-order valence-corrected chi connectivity index (χ0v) is 19.4. The van der Waals surface area contributed by atoms with Crippen molar-refractivity contribution in [1.82, 2.24) is 0 Å². The van der Waals surface area contributed by atoms with Crippen LogP contribution in [0.3, 0.4) is 0 Å². The maximum atomic E-state index is 11.3. The fourth-order valence-electron chi connectivity index (χ4n) is 3.64. The molecule has 0 bridgehead atoms. The van der Waals surface area contributed by atoms with Crippen LogP contribution >= 0.6 is 0 Å². The van der Waals surface area contributed by atoms with E-state index in [0.717, 1.165) is 22.3 Å². The molecular formula is C27H28O7. The fourth-order valence-corrected chi connectivity index (χ4v) is 3.64. The van der Waals surface area contributed by atoms with Gasteiger partial charge in [-0.05, 0) is 80.1 Å². The predicted octanol–water partition coefficient (Wildman–Crippen LogP) is 5.27. The van der Waals surface area contributed by atoms with Crippen LogP contribution in [0.5, 0.6) is 5.75 Å². The minimum absolute atomic E-state index is 0.208. The van der Waals surface area contributed by atoms with E-state index >= 15 is 0 Å². The molecular weight excluding hydrogens is 436 g/mol. The van der Waals surface area contributed by atoms with E-state index in [9.17, 15) is 24.6 Å². The summed E-state index contributed by atoms with van der Waals surface area (Å²) in [5, 5.41) is 27.3. The Bertz CT molecular complexity index is 1120. The number of para-hydroxylation sites is 1. The number of aryl methyl sites for hydroxylation is 2. The number of aromatic carboxylic acids is 3. The van der Waals surface area contributed by atoms with Gasteiger partial charge in [0.15, 0.2) is 0 Å². The second-order valence-electron chi connectivity index (χ2n) is 7.55. The third kappa shape index (κ3) is 6.68. The number of carboxylic acids is 3. The molecule has 0 aliphatic rings. The Labute approximate surface area is 198 Å². The van der Waals surface area contributed by atoms with Gasteiger partial charge in [0, 0.05) is 0 Å². The third-order valence-corrected chi connectivity index (χ3v) is 5.32. The largest absolute Gasteiger partial charge is 0.493 e. The van der Waals surface area contributed by atoms with Crippen molar-refractivity contribution in [2.24, 2.45) is 0 Å². The molecule has 7 heteroatoms. The quantitative estimate of drug-likeness (QED) is 0.415. The molecule has 0 fully saturated rings. The van der Waals surface area contributed by atoms with Crippen molar-refractivity contribution in [2.75, 3.05) is 6.61 Å². The molecule has 3 aromatic rings. The smallest absolute Gasteiger partial charge is 0.339 e. The van der Waals surface area contributed by atoms with E-state index in [1.54, 1.807) is 42.5 Å².